The number of aromatic amines is 1. The van der Waals surface area contributed by atoms with Gasteiger partial charge in [-0.25, -0.2) is 4.98 Å². The van der Waals surface area contributed by atoms with E-state index in [2.05, 4.69) is 9.97 Å². The second kappa shape index (κ2) is 1.96. The summed E-state index contributed by atoms with van der Waals surface area (Å²) in [5.74, 6) is 0.616. The van der Waals surface area contributed by atoms with E-state index in [0.29, 0.717) is 5.82 Å². The fraction of sp³-hybridized carbons (Fsp3) is 0.400. The molecule has 1 aromatic heterocycles. The molecule has 0 unspecified atom stereocenters. The van der Waals surface area contributed by atoms with Gasteiger partial charge in [0.2, 0.25) is 0 Å². The van der Waals surface area contributed by atoms with E-state index in [0.717, 1.165) is 0 Å². The van der Waals surface area contributed by atoms with Crippen LogP contribution in [0.25, 0.3) is 0 Å². The largest absolute Gasteiger partial charge is 0.385 e. The molecule has 2 N–H and O–H groups in total. The van der Waals surface area contributed by atoms with Gasteiger partial charge in [0.15, 0.2) is 0 Å². The summed E-state index contributed by atoms with van der Waals surface area (Å²) in [4.78, 5) is 6.59. The number of aromatic nitrogens is 2. The maximum absolute atomic E-state index is 8.82. The molecule has 0 bridgehead atoms. The molecular weight excluding hydrogens is 104 g/mol. The van der Waals surface area contributed by atoms with Crippen molar-refractivity contribution < 1.29 is 5.11 Å². The Balaban J connectivity index is 2.77. The Hall–Kier alpha value is -0.830. The molecule has 0 radical (unpaired) electrons. The lowest BCUT2D eigenvalue weighted by Crippen LogP contribution is -1.91. The molecule has 1 heterocycles. The average molecular weight is 112 g/mol. The highest BCUT2D eigenvalue weighted by Gasteiger charge is 1.98. The summed E-state index contributed by atoms with van der Waals surface area (Å²) in [6.07, 6.45) is 2.81. The molecule has 1 atom stereocenters. The van der Waals surface area contributed by atoms with Gasteiger partial charge in [0.1, 0.15) is 11.9 Å². The minimum atomic E-state index is -0.481. The fourth-order valence-electron chi connectivity index (χ4n) is 0.506. The van der Waals surface area contributed by atoms with Gasteiger partial charge in [0.05, 0.1) is 0 Å². The maximum Gasteiger partial charge on any atom is 0.134 e. The number of rotatable bonds is 1. The molecule has 0 fully saturated rings. The molecule has 1 rings (SSSR count). The predicted octanol–water partition coefficient (Wildman–Crippen LogP) is 0.463. The van der Waals surface area contributed by atoms with Crippen molar-refractivity contribution in [1.29, 1.82) is 0 Å². The van der Waals surface area contributed by atoms with E-state index in [1.54, 1.807) is 19.3 Å². The van der Waals surface area contributed by atoms with Crippen molar-refractivity contribution in [3.63, 3.8) is 0 Å². The van der Waals surface area contributed by atoms with Gasteiger partial charge in [0.25, 0.3) is 0 Å². The summed E-state index contributed by atoms with van der Waals surface area (Å²) >= 11 is 0. The van der Waals surface area contributed by atoms with Gasteiger partial charge < -0.3 is 10.1 Å². The number of aliphatic hydroxyl groups excluding tert-OH is 1. The summed E-state index contributed by atoms with van der Waals surface area (Å²) < 4.78 is 0. The van der Waals surface area contributed by atoms with Crippen molar-refractivity contribution in [3.05, 3.63) is 18.2 Å². The van der Waals surface area contributed by atoms with E-state index >= 15 is 0 Å². The molecule has 0 spiro atoms. The summed E-state index contributed by atoms with van der Waals surface area (Å²) in [6, 6.07) is 0. The van der Waals surface area contributed by atoms with Gasteiger partial charge >= 0.3 is 0 Å². The molecule has 0 saturated heterocycles. The van der Waals surface area contributed by atoms with Crippen molar-refractivity contribution in [1.82, 2.24) is 9.97 Å². The highest BCUT2D eigenvalue weighted by atomic mass is 16.3. The molecule has 0 aliphatic rings. The monoisotopic (exact) mass is 112 g/mol. The Morgan fingerprint density at radius 1 is 1.88 bits per heavy atom. The Kier molecular flexibility index (Phi) is 1.30. The Morgan fingerprint density at radius 2 is 2.62 bits per heavy atom. The van der Waals surface area contributed by atoms with Crippen LogP contribution in [0.4, 0.5) is 0 Å². The van der Waals surface area contributed by atoms with Gasteiger partial charge in [-0.15, -0.1) is 0 Å². The van der Waals surface area contributed by atoms with E-state index in [9.17, 15) is 0 Å². The van der Waals surface area contributed by atoms with E-state index in [-0.39, 0.29) is 0 Å². The first-order valence-corrected chi connectivity index (χ1v) is 2.48. The first kappa shape index (κ1) is 5.31. The lowest BCUT2D eigenvalue weighted by Gasteiger charge is -1.94. The molecule has 0 aromatic carbocycles. The van der Waals surface area contributed by atoms with Crippen molar-refractivity contribution >= 4 is 0 Å². The molecule has 8 heavy (non-hydrogen) atoms. The van der Waals surface area contributed by atoms with E-state index in [1.807, 2.05) is 0 Å². The molecule has 44 valence electrons. The summed E-state index contributed by atoms with van der Waals surface area (Å²) in [5.41, 5.74) is 0. The zero-order valence-electron chi connectivity index (χ0n) is 4.63. The summed E-state index contributed by atoms with van der Waals surface area (Å²) in [5, 5.41) is 8.82. The van der Waals surface area contributed by atoms with Crippen LogP contribution in [-0.4, -0.2) is 15.1 Å². The van der Waals surface area contributed by atoms with Gasteiger partial charge in [-0.2, -0.15) is 0 Å². The third-order valence-corrected chi connectivity index (χ3v) is 0.915. The molecule has 1 aromatic rings. The standard InChI is InChI=1S/C5H8N2O/c1-4(8)5-6-2-3-7-5/h2-4,8H,1H3,(H,6,7)/t4-/m0/s1. The van der Waals surface area contributed by atoms with Crippen molar-refractivity contribution in [3.8, 4) is 0 Å². The van der Waals surface area contributed by atoms with Crippen LogP contribution in [0.1, 0.15) is 18.9 Å². The van der Waals surface area contributed by atoms with Crippen LogP contribution in [0, 0.1) is 0 Å². The van der Waals surface area contributed by atoms with E-state index in [4.69, 9.17) is 5.11 Å². The van der Waals surface area contributed by atoms with Gasteiger partial charge in [-0.05, 0) is 6.92 Å². The molecule has 0 amide bonds. The van der Waals surface area contributed by atoms with Crippen LogP contribution >= 0.6 is 0 Å². The number of nitrogens with zero attached hydrogens (tertiary/aromatic N) is 1. The quantitative estimate of drug-likeness (QED) is 0.554. The Bertz CT molecular complexity index is 145. The molecule has 0 saturated carbocycles. The van der Waals surface area contributed by atoms with Gasteiger partial charge in [0, 0.05) is 12.4 Å². The Morgan fingerprint density at radius 3 is 2.88 bits per heavy atom. The van der Waals surface area contributed by atoms with Gasteiger partial charge in [-0.1, -0.05) is 0 Å². The second-order valence-electron chi connectivity index (χ2n) is 1.65. The molecule has 3 heteroatoms. The molecule has 0 aliphatic heterocycles. The zero-order valence-corrected chi connectivity index (χ0v) is 4.63. The third kappa shape index (κ3) is 0.869. The summed E-state index contributed by atoms with van der Waals surface area (Å²) in [6.45, 7) is 1.67. The SMILES string of the molecule is C[C@H](O)c1ncc[nH]1. The normalized spacial score (nSPS) is 13.8. The Labute approximate surface area is 47.4 Å². The minimum absolute atomic E-state index is 0.481. The smallest absolute Gasteiger partial charge is 0.134 e. The lowest BCUT2D eigenvalue weighted by molar-refractivity contribution is 0.190. The van der Waals surface area contributed by atoms with Crippen molar-refractivity contribution in [2.24, 2.45) is 0 Å². The number of hydrogen-bond acceptors (Lipinski definition) is 2. The maximum atomic E-state index is 8.82. The van der Waals surface area contributed by atoms with Crippen molar-refractivity contribution in [2.45, 2.75) is 13.0 Å². The number of imidazole rings is 1. The number of hydrogen-bond donors (Lipinski definition) is 2. The van der Waals surface area contributed by atoms with E-state index in [1.165, 1.54) is 0 Å². The van der Waals surface area contributed by atoms with Crippen molar-refractivity contribution in [2.75, 3.05) is 0 Å². The highest BCUT2D eigenvalue weighted by molar-refractivity contribution is 4.89. The highest BCUT2D eigenvalue weighted by Crippen LogP contribution is 2.01. The minimum Gasteiger partial charge on any atom is -0.385 e. The van der Waals surface area contributed by atoms with Crippen LogP contribution in [0.3, 0.4) is 0 Å². The topological polar surface area (TPSA) is 48.9 Å². The molecular formula is C5H8N2O. The van der Waals surface area contributed by atoms with Crippen LogP contribution in [0.5, 0.6) is 0 Å². The molecule has 3 nitrogen and oxygen atoms in total. The predicted molar refractivity (Wildman–Crippen MR) is 29.2 cm³/mol. The zero-order chi connectivity index (χ0) is 5.98. The first-order valence-electron chi connectivity index (χ1n) is 2.48. The number of H-pyrrole nitrogens is 1. The van der Waals surface area contributed by atoms with Gasteiger partial charge in [-0.3, -0.25) is 0 Å². The number of aliphatic hydroxyl groups is 1. The third-order valence-electron chi connectivity index (χ3n) is 0.915. The first-order chi connectivity index (χ1) is 3.80. The summed E-state index contributed by atoms with van der Waals surface area (Å²) in [7, 11) is 0. The average Bonchev–Trinajstić information content (AvgIpc) is 2.12. The van der Waals surface area contributed by atoms with Crippen LogP contribution in [0.2, 0.25) is 0 Å². The lowest BCUT2D eigenvalue weighted by atomic mass is 10.4. The van der Waals surface area contributed by atoms with Crippen LogP contribution in [-0.2, 0) is 0 Å². The molecule has 0 aliphatic carbocycles. The second-order valence-corrected chi connectivity index (χ2v) is 1.65. The van der Waals surface area contributed by atoms with Crippen LogP contribution in [0.15, 0.2) is 12.4 Å². The number of nitrogens with one attached hydrogen (secondary N) is 1. The van der Waals surface area contributed by atoms with Crippen LogP contribution < -0.4 is 0 Å². The fourth-order valence-corrected chi connectivity index (χ4v) is 0.506. The van der Waals surface area contributed by atoms with E-state index < -0.39 is 6.10 Å².